The molecule has 2 heterocycles. The van der Waals surface area contributed by atoms with Crippen molar-refractivity contribution >= 4 is 5.91 Å². The molecule has 0 atom stereocenters. The number of ether oxygens (including phenoxy) is 1. The average molecular weight is 221 g/mol. The highest BCUT2D eigenvalue weighted by Gasteiger charge is 2.19. The number of aromatic nitrogens is 1. The van der Waals surface area contributed by atoms with Crippen LogP contribution >= 0.6 is 0 Å². The third kappa shape index (κ3) is 2.58. The number of morpholine rings is 1. The van der Waals surface area contributed by atoms with Crippen LogP contribution in [0.1, 0.15) is 5.69 Å². The number of hydrogen-bond donors (Lipinski definition) is 0. The van der Waals surface area contributed by atoms with E-state index in [4.69, 9.17) is 4.74 Å². The maximum Gasteiger partial charge on any atom is 0.233 e. The van der Waals surface area contributed by atoms with Gasteiger partial charge in [-0.2, -0.15) is 0 Å². The molecule has 16 heavy (non-hydrogen) atoms. The van der Waals surface area contributed by atoms with Gasteiger partial charge >= 0.3 is 0 Å². The Labute approximate surface area is 95.4 Å². The number of nitrogens with zero attached hydrogens (tertiary/aromatic N) is 2. The molecule has 2 rings (SSSR count). The molecule has 1 fully saturated rings. The Hall–Kier alpha value is -1.42. The molecule has 0 spiro atoms. The van der Waals surface area contributed by atoms with E-state index in [0.717, 1.165) is 18.8 Å². The van der Waals surface area contributed by atoms with E-state index in [1.807, 2.05) is 40.9 Å². The Morgan fingerprint density at radius 3 is 2.88 bits per heavy atom. The lowest BCUT2D eigenvalue weighted by Gasteiger charge is -2.26. The van der Waals surface area contributed by atoms with E-state index in [-0.39, 0.29) is 5.91 Å². The van der Waals surface area contributed by atoms with Gasteiger partial charge in [0.1, 0.15) is 13.5 Å². The monoisotopic (exact) mass is 221 g/mol. The van der Waals surface area contributed by atoms with Crippen molar-refractivity contribution in [3.63, 3.8) is 0 Å². The largest absolute Gasteiger partial charge is 0.378 e. The van der Waals surface area contributed by atoms with Gasteiger partial charge in [-0.25, -0.2) is 4.57 Å². The topological polar surface area (TPSA) is 33.4 Å². The van der Waals surface area contributed by atoms with Gasteiger partial charge in [-0.1, -0.05) is 6.07 Å². The van der Waals surface area contributed by atoms with E-state index in [0.29, 0.717) is 19.6 Å². The zero-order valence-corrected chi connectivity index (χ0v) is 9.56. The van der Waals surface area contributed by atoms with Gasteiger partial charge in [0.15, 0.2) is 11.9 Å². The number of hydrogen-bond acceptors (Lipinski definition) is 2. The van der Waals surface area contributed by atoms with Crippen molar-refractivity contribution in [1.82, 2.24) is 4.90 Å². The second-order valence-electron chi connectivity index (χ2n) is 3.97. The van der Waals surface area contributed by atoms with Crippen LogP contribution in [0.3, 0.4) is 0 Å². The highest BCUT2D eigenvalue weighted by atomic mass is 16.5. The van der Waals surface area contributed by atoms with Gasteiger partial charge in [-0.05, 0) is 0 Å². The highest BCUT2D eigenvalue weighted by molar-refractivity contribution is 5.78. The molecule has 1 saturated heterocycles. The van der Waals surface area contributed by atoms with E-state index >= 15 is 0 Å². The summed E-state index contributed by atoms with van der Waals surface area (Å²) in [6, 6.07) is 5.91. The number of rotatable bonds is 2. The van der Waals surface area contributed by atoms with Crippen LogP contribution < -0.4 is 4.57 Å². The van der Waals surface area contributed by atoms with Crippen LogP contribution in [0.2, 0.25) is 0 Å². The fraction of sp³-hybridized carbons (Fsp3) is 0.500. The van der Waals surface area contributed by atoms with Crippen molar-refractivity contribution in [3.05, 3.63) is 30.1 Å². The SMILES string of the molecule is C[n+]1ccccc1CC(=O)N1CCOCC1. The minimum Gasteiger partial charge on any atom is -0.378 e. The Morgan fingerprint density at radius 1 is 1.44 bits per heavy atom. The lowest BCUT2D eigenvalue weighted by Crippen LogP contribution is -2.43. The van der Waals surface area contributed by atoms with Gasteiger partial charge in [0.05, 0.1) is 13.2 Å². The molecule has 4 heteroatoms. The molecule has 4 nitrogen and oxygen atoms in total. The first-order valence-electron chi connectivity index (χ1n) is 5.56. The zero-order valence-electron chi connectivity index (χ0n) is 9.56. The molecule has 1 aliphatic rings. The van der Waals surface area contributed by atoms with Crippen molar-refractivity contribution in [2.24, 2.45) is 7.05 Å². The molecule has 1 aromatic rings. The van der Waals surface area contributed by atoms with Crippen molar-refractivity contribution in [1.29, 1.82) is 0 Å². The summed E-state index contributed by atoms with van der Waals surface area (Å²) < 4.78 is 7.21. The van der Waals surface area contributed by atoms with Crippen LogP contribution in [0.5, 0.6) is 0 Å². The number of amides is 1. The predicted octanol–water partition coefficient (Wildman–Crippen LogP) is -0.0876. The van der Waals surface area contributed by atoms with E-state index in [9.17, 15) is 4.79 Å². The van der Waals surface area contributed by atoms with Gasteiger partial charge in [0.2, 0.25) is 5.91 Å². The summed E-state index contributed by atoms with van der Waals surface area (Å²) in [7, 11) is 1.96. The molecule has 1 amide bonds. The first-order valence-corrected chi connectivity index (χ1v) is 5.56. The predicted molar refractivity (Wildman–Crippen MR) is 58.7 cm³/mol. The molecule has 0 aromatic carbocycles. The van der Waals surface area contributed by atoms with Crippen molar-refractivity contribution in [2.75, 3.05) is 26.3 Å². The standard InChI is InChI=1S/C12H17N2O2/c1-13-5-3-2-4-11(13)10-12(15)14-6-8-16-9-7-14/h2-5H,6-10H2,1H3/q+1. The summed E-state index contributed by atoms with van der Waals surface area (Å²) in [5, 5.41) is 0. The van der Waals surface area contributed by atoms with Gasteiger partial charge in [-0.15, -0.1) is 0 Å². The van der Waals surface area contributed by atoms with E-state index in [2.05, 4.69) is 0 Å². The fourth-order valence-electron chi connectivity index (χ4n) is 1.82. The number of pyridine rings is 1. The Balaban J connectivity index is 1.99. The first kappa shape index (κ1) is 11.1. The molecular weight excluding hydrogens is 204 g/mol. The second kappa shape index (κ2) is 5.07. The molecule has 0 aliphatic carbocycles. The summed E-state index contributed by atoms with van der Waals surface area (Å²) >= 11 is 0. The average Bonchev–Trinajstić information content (AvgIpc) is 2.33. The molecular formula is C12H17N2O2+. The van der Waals surface area contributed by atoms with Crippen LogP contribution in [0, 0.1) is 0 Å². The van der Waals surface area contributed by atoms with E-state index < -0.39 is 0 Å². The second-order valence-corrected chi connectivity index (χ2v) is 3.97. The van der Waals surface area contributed by atoms with Gasteiger partial charge in [0.25, 0.3) is 0 Å². The van der Waals surface area contributed by atoms with Crippen molar-refractivity contribution < 1.29 is 14.1 Å². The van der Waals surface area contributed by atoms with Crippen LogP contribution in [-0.2, 0) is 23.0 Å². The molecule has 1 aliphatic heterocycles. The number of aryl methyl sites for hydroxylation is 1. The summed E-state index contributed by atoms with van der Waals surface area (Å²) in [5.41, 5.74) is 1.04. The molecule has 0 N–H and O–H groups in total. The van der Waals surface area contributed by atoms with Crippen LogP contribution in [0.25, 0.3) is 0 Å². The Morgan fingerprint density at radius 2 is 2.19 bits per heavy atom. The normalized spacial score (nSPS) is 16.2. The molecule has 0 bridgehead atoms. The first-order chi connectivity index (χ1) is 7.77. The molecule has 0 radical (unpaired) electrons. The highest BCUT2D eigenvalue weighted by Crippen LogP contribution is 2.01. The third-order valence-electron chi connectivity index (χ3n) is 2.86. The third-order valence-corrected chi connectivity index (χ3v) is 2.86. The van der Waals surface area contributed by atoms with Gasteiger partial charge in [0, 0.05) is 25.2 Å². The van der Waals surface area contributed by atoms with E-state index in [1.54, 1.807) is 0 Å². The minimum atomic E-state index is 0.185. The molecule has 0 unspecified atom stereocenters. The van der Waals surface area contributed by atoms with Crippen LogP contribution in [-0.4, -0.2) is 37.1 Å². The molecule has 0 saturated carbocycles. The maximum atomic E-state index is 12.0. The number of carbonyl (C=O) groups is 1. The summed E-state index contributed by atoms with van der Waals surface area (Å²) in [4.78, 5) is 13.8. The Kier molecular flexibility index (Phi) is 3.51. The quantitative estimate of drug-likeness (QED) is 0.654. The van der Waals surface area contributed by atoms with E-state index in [1.165, 1.54) is 0 Å². The minimum absolute atomic E-state index is 0.185. The van der Waals surface area contributed by atoms with Gasteiger partial charge in [-0.3, -0.25) is 4.79 Å². The number of carbonyl (C=O) groups excluding carboxylic acids is 1. The fourth-order valence-corrected chi connectivity index (χ4v) is 1.82. The summed E-state index contributed by atoms with van der Waals surface area (Å²) in [5.74, 6) is 0.185. The smallest absolute Gasteiger partial charge is 0.233 e. The lowest BCUT2D eigenvalue weighted by molar-refractivity contribution is -0.678. The molecule has 86 valence electrons. The summed E-state index contributed by atoms with van der Waals surface area (Å²) in [6.07, 6.45) is 2.43. The Bertz CT molecular complexity index is 373. The zero-order chi connectivity index (χ0) is 11.4. The maximum absolute atomic E-state index is 12.0. The van der Waals surface area contributed by atoms with Crippen LogP contribution in [0.4, 0.5) is 0 Å². The van der Waals surface area contributed by atoms with Crippen molar-refractivity contribution in [3.8, 4) is 0 Å². The lowest BCUT2D eigenvalue weighted by atomic mass is 10.2. The molecule has 1 aromatic heterocycles. The van der Waals surface area contributed by atoms with Crippen LogP contribution in [0.15, 0.2) is 24.4 Å². The van der Waals surface area contributed by atoms with Gasteiger partial charge < -0.3 is 9.64 Å². The van der Waals surface area contributed by atoms with Crippen molar-refractivity contribution in [2.45, 2.75) is 6.42 Å². The summed E-state index contributed by atoms with van der Waals surface area (Å²) in [6.45, 7) is 2.75.